The molecule has 0 fully saturated rings. The lowest BCUT2D eigenvalue weighted by Crippen LogP contribution is -2.23. The van der Waals surface area contributed by atoms with E-state index in [0.717, 1.165) is 45.1 Å². The van der Waals surface area contributed by atoms with E-state index >= 15 is 0 Å². The van der Waals surface area contributed by atoms with Crippen LogP contribution in [-0.2, 0) is 9.47 Å². The molecule has 0 rings (SSSR count). The molecule has 4 nitrogen and oxygen atoms in total. The van der Waals surface area contributed by atoms with Gasteiger partial charge in [0, 0.05) is 6.54 Å². The highest BCUT2D eigenvalue weighted by Gasteiger charge is 2.15. The van der Waals surface area contributed by atoms with Gasteiger partial charge in [0.1, 0.15) is 12.7 Å². The molecule has 0 spiro atoms. The van der Waals surface area contributed by atoms with Crippen molar-refractivity contribution in [3.8, 4) is 0 Å². The summed E-state index contributed by atoms with van der Waals surface area (Å²) in [4.78, 5) is 14.3. The number of ether oxygens (including phenoxy) is 2. The third kappa shape index (κ3) is 36.7. The average molecular weight is 644 g/mol. The van der Waals surface area contributed by atoms with Crippen LogP contribution >= 0.6 is 0 Å². The Morgan fingerprint density at radius 1 is 0.522 bits per heavy atom. The van der Waals surface area contributed by atoms with Crippen LogP contribution in [0, 0.1) is 0 Å². The Labute approximate surface area is 287 Å². The summed E-state index contributed by atoms with van der Waals surface area (Å²) in [5.41, 5.74) is 0. The standard InChI is InChI=1S/C42H77NO3/c1-5-7-9-11-13-15-17-19-21-23-25-27-29-31-33-35-37-41(46-42(44)45-40-39-43(3)4)38-36-34-32-30-28-26-24-22-20-18-16-14-12-10-8-6-2/h13-16,19-22,41H,5-12,17-18,23-40H2,1-4H3/b15-13-,16-14-,21-19-,22-20-. The second kappa shape index (κ2) is 37.6. The first-order valence-corrected chi connectivity index (χ1v) is 19.7. The van der Waals surface area contributed by atoms with E-state index in [1.54, 1.807) is 0 Å². The van der Waals surface area contributed by atoms with Crippen LogP contribution in [0.2, 0.25) is 0 Å². The van der Waals surface area contributed by atoms with Gasteiger partial charge in [-0.15, -0.1) is 0 Å². The first-order chi connectivity index (χ1) is 22.6. The van der Waals surface area contributed by atoms with Gasteiger partial charge in [-0.3, -0.25) is 0 Å². The minimum atomic E-state index is -0.494. The van der Waals surface area contributed by atoms with Crippen LogP contribution in [-0.4, -0.2) is 44.4 Å². The van der Waals surface area contributed by atoms with E-state index in [-0.39, 0.29) is 6.10 Å². The normalized spacial score (nSPS) is 12.3. The molecule has 0 aromatic rings. The lowest BCUT2D eigenvalue weighted by molar-refractivity contribution is 0.0139. The second-order valence-electron chi connectivity index (χ2n) is 13.4. The Balaban J connectivity index is 4.01. The summed E-state index contributed by atoms with van der Waals surface area (Å²) in [5, 5.41) is 0. The molecule has 0 heterocycles. The summed E-state index contributed by atoms with van der Waals surface area (Å²) in [6.45, 7) is 5.62. The molecule has 0 aromatic carbocycles. The molecular formula is C42H77NO3. The van der Waals surface area contributed by atoms with Crippen molar-refractivity contribution in [1.82, 2.24) is 4.90 Å². The number of carbonyl (C=O) groups excluding carboxylic acids is 1. The Kier molecular flexibility index (Phi) is 36.2. The smallest absolute Gasteiger partial charge is 0.433 e. The fraction of sp³-hybridized carbons (Fsp3) is 0.786. The van der Waals surface area contributed by atoms with Crippen LogP contribution in [0.3, 0.4) is 0 Å². The number of allylic oxidation sites excluding steroid dienone is 8. The van der Waals surface area contributed by atoms with Gasteiger partial charge in [-0.25, -0.2) is 4.79 Å². The van der Waals surface area contributed by atoms with Gasteiger partial charge in [0.25, 0.3) is 0 Å². The average Bonchev–Trinajstić information content (AvgIpc) is 3.04. The van der Waals surface area contributed by atoms with Crippen molar-refractivity contribution < 1.29 is 14.3 Å². The number of nitrogens with zero attached hydrogens (tertiary/aromatic N) is 1. The number of likely N-dealkylation sites (N-methyl/N-ethyl adjacent to an activating group) is 1. The monoisotopic (exact) mass is 644 g/mol. The zero-order valence-corrected chi connectivity index (χ0v) is 31.2. The molecular weight excluding hydrogens is 566 g/mol. The highest BCUT2D eigenvalue weighted by Crippen LogP contribution is 2.18. The van der Waals surface area contributed by atoms with Crippen molar-refractivity contribution in [3.63, 3.8) is 0 Å². The van der Waals surface area contributed by atoms with Crippen molar-refractivity contribution in [3.05, 3.63) is 48.6 Å². The summed E-state index contributed by atoms with van der Waals surface area (Å²) in [6, 6.07) is 0. The zero-order chi connectivity index (χ0) is 33.6. The van der Waals surface area contributed by atoms with E-state index in [1.807, 2.05) is 19.0 Å². The van der Waals surface area contributed by atoms with Crippen LogP contribution in [0.4, 0.5) is 4.79 Å². The maximum Gasteiger partial charge on any atom is 0.508 e. The van der Waals surface area contributed by atoms with Crippen LogP contribution in [0.5, 0.6) is 0 Å². The molecule has 4 heteroatoms. The summed E-state index contributed by atoms with van der Waals surface area (Å²) < 4.78 is 11.1. The van der Waals surface area contributed by atoms with Crippen LogP contribution in [0.1, 0.15) is 181 Å². The van der Waals surface area contributed by atoms with Crippen molar-refractivity contribution in [2.24, 2.45) is 0 Å². The molecule has 0 amide bonds. The molecule has 0 aliphatic rings. The van der Waals surface area contributed by atoms with E-state index in [1.165, 1.54) is 128 Å². The third-order valence-electron chi connectivity index (χ3n) is 8.47. The molecule has 0 bridgehead atoms. The first kappa shape index (κ1) is 44.2. The molecule has 0 radical (unpaired) electrons. The lowest BCUT2D eigenvalue weighted by Gasteiger charge is -2.18. The van der Waals surface area contributed by atoms with E-state index in [4.69, 9.17) is 9.47 Å². The van der Waals surface area contributed by atoms with Crippen LogP contribution in [0.25, 0.3) is 0 Å². The van der Waals surface area contributed by atoms with Gasteiger partial charge in [-0.05, 0) is 104 Å². The topological polar surface area (TPSA) is 38.8 Å². The highest BCUT2D eigenvalue weighted by atomic mass is 16.7. The van der Waals surface area contributed by atoms with Gasteiger partial charge >= 0.3 is 6.16 Å². The quantitative estimate of drug-likeness (QED) is 0.0397. The number of unbranched alkanes of at least 4 members (excludes halogenated alkanes) is 18. The van der Waals surface area contributed by atoms with Crippen molar-refractivity contribution >= 4 is 6.16 Å². The minimum Gasteiger partial charge on any atom is -0.433 e. The predicted molar refractivity (Wildman–Crippen MR) is 203 cm³/mol. The minimum absolute atomic E-state index is 0.0106. The number of hydrogen-bond donors (Lipinski definition) is 0. The molecule has 0 saturated heterocycles. The summed E-state index contributed by atoms with van der Waals surface area (Å²) in [6.07, 6.45) is 50.0. The summed E-state index contributed by atoms with van der Waals surface area (Å²) in [5.74, 6) is 0. The van der Waals surface area contributed by atoms with Crippen molar-refractivity contribution in [1.29, 1.82) is 0 Å². The lowest BCUT2D eigenvalue weighted by atomic mass is 10.0. The van der Waals surface area contributed by atoms with E-state index in [9.17, 15) is 4.79 Å². The summed E-state index contributed by atoms with van der Waals surface area (Å²) in [7, 11) is 3.96. The van der Waals surface area contributed by atoms with Gasteiger partial charge in [0.15, 0.2) is 0 Å². The van der Waals surface area contributed by atoms with Gasteiger partial charge in [-0.1, -0.05) is 140 Å². The first-order valence-electron chi connectivity index (χ1n) is 19.7. The maximum absolute atomic E-state index is 12.3. The largest absolute Gasteiger partial charge is 0.508 e. The highest BCUT2D eigenvalue weighted by molar-refractivity contribution is 5.60. The molecule has 0 aliphatic carbocycles. The van der Waals surface area contributed by atoms with Gasteiger partial charge in [-0.2, -0.15) is 0 Å². The Morgan fingerprint density at radius 2 is 0.891 bits per heavy atom. The van der Waals surface area contributed by atoms with Crippen LogP contribution in [0.15, 0.2) is 48.6 Å². The predicted octanol–water partition coefficient (Wildman–Crippen LogP) is 13.5. The maximum atomic E-state index is 12.3. The fourth-order valence-corrected chi connectivity index (χ4v) is 5.46. The number of hydrogen-bond acceptors (Lipinski definition) is 4. The van der Waals surface area contributed by atoms with Crippen molar-refractivity contribution in [2.45, 2.75) is 187 Å². The van der Waals surface area contributed by atoms with E-state index < -0.39 is 6.16 Å². The Morgan fingerprint density at radius 3 is 1.28 bits per heavy atom. The Bertz CT molecular complexity index is 691. The molecule has 0 atom stereocenters. The van der Waals surface area contributed by atoms with Gasteiger partial charge < -0.3 is 14.4 Å². The second-order valence-corrected chi connectivity index (χ2v) is 13.4. The SMILES string of the molecule is CCCCC/C=C\C/C=C\CCCCCCCCC(CCCCCCCC/C=C\C/C=C\CCCCC)OC(=O)OCCN(C)C. The molecule has 268 valence electrons. The molecule has 46 heavy (non-hydrogen) atoms. The summed E-state index contributed by atoms with van der Waals surface area (Å²) >= 11 is 0. The number of carbonyl (C=O) groups is 1. The third-order valence-corrected chi connectivity index (χ3v) is 8.47. The molecule has 0 saturated carbocycles. The van der Waals surface area contributed by atoms with Crippen molar-refractivity contribution in [2.75, 3.05) is 27.2 Å². The van der Waals surface area contributed by atoms with Gasteiger partial charge in [0.2, 0.25) is 0 Å². The Hall–Kier alpha value is -1.81. The molecule has 0 unspecified atom stereocenters. The van der Waals surface area contributed by atoms with E-state index in [2.05, 4.69) is 62.5 Å². The number of rotatable bonds is 34. The van der Waals surface area contributed by atoms with Crippen LogP contribution < -0.4 is 0 Å². The molecule has 0 aliphatic heterocycles. The van der Waals surface area contributed by atoms with E-state index in [0.29, 0.717) is 6.61 Å². The molecule has 0 aromatic heterocycles. The molecule has 0 N–H and O–H groups in total. The zero-order valence-electron chi connectivity index (χ0n) is 31.2. The fourth-order valence-electron chi connectivity index (χ4n) is 5.46. The van der Waals surface area contributed by atoms with Gasteiger partial charge in [0.05, 0.1) is 0 Å².